The van der Waals surface area contributed by atoms with E-state index >= 15 is 0 Å². The number of amides is 1. The Hall–Kier alpha value is -3.11. The number of likely N-dealkylation sites (tertiary alicyclic amines) is 1. The zero-order chi connectivity index (χ0) is 26.4. The van der Waals surface area contributed by atoms with Crippen molar-refractivity contribution < 1.29 is 29.3 Å². The fraction of sp³-hybridized carbons (Fsp3) is 0.593. The van der Waals surface area contributed by atoms with Crippen molar-refractivity contribution in [2.24, 2.45) is 13.0 Å². The minimum atomic E-state index is -0.870. The number of nitrogens with zero attached hydrogens (tertiary/aromatic N) is 4. The number of carbonyl (C=O) groups is 2. The van der Waals surface area contributed by atoms with Crippen molar-refractivity contribution in [3.05, 3.63) is 42.0 Å². The van der Waals surface area contributed by atoms with E-state index in [0.29, 0.717) is 50.4 Å². The fourth-order valence-corrected chi connectivity index (χ4v) is 5.49. The summed E-state index contributed by atoms with van der Waals surface area (Å²) in [7, 11) is 1.93. The van der Waals surface area contributed by atoms with E-state index in [1.807, 2.05) is 40.9 Å². The summed E-state index contributed by atoms with van der Waals surface area (Å²) >= 11 is 0. The molecule has 1 saturated heterocycles. The average molecular weight is 515 g/mol. The lowest BCUT2D eigenvalue weighted by Gasteiger charge is -2.29. The van der Waals surface area contributed by atoms with Gasteiger partial charge in [0.2, 0.25) is 12.7 Å². The van der Waals surface area contributed by atoms with Gasteiger partial charge >= 0.3 is 5.97 Å². The van der Waals surface area contributed by atoms with Crippen LogP contribution in [0.5, 0.6) is 11.5 Å². The maximum atomic E-state index is 13.4. The number of benzene rings is 1. The van der Waals surface area contributed by atoms with Gasteiger partial charge in [-0.2, -0.15) is 0 Å². The van der Waals surface area contributed by atoms with Crippen LogP contribution < -0.4 is 9.47 Å². The molecule has 2 aromatic rings. The summed E-state index contributed by atoms with van der Waals surface area (Å²) in [6.45, 7) is 3.99. The predicted molar refractivity (Wildman–Crippen MR) is 137 cm³/mol. The highest BCUT2D eigenvalue weighted by Crippen LogP contribution is 2.43. The van der Waals surface area contributed by atoms with E-state index in [1.54, 1.807) is 11.1 Å². The molecule has 37 heavy (non-hydrogen) atoms. The molecule has 1 aromatic carbocycles. The third kappa shape index (κ3) is 6.24. The Bertz CT molecular complexity index is 1060. The molecule has 4 rings (SSSR count). The number of aliphatic hydroxyl groups is 1. The summed E-state index contributed by atoms with van der Waals surface area (Å²) in [5, 5.41) is 19.7. The van der Waals surface area contributed by atoms with Gasteiger partial charge in [0.15, 0.2) is 11.5 Å². The maximum Gasteiger partial charge on any atom is 0.308 e. The molecule has 0 spiro atoms. The van der Waals surface area contributed by atoms with E-state index in [2.05, 4.69) is 11.9 Å². The molecule has 202 valence electrons. The molecule has 0 aliphatic carbocycles. The number of carboxylic acids is 1. The summed E-state index contributed by atoms with van der Waals surface area (Å²) in [5.74, 6) is 0.278. The standard InChI is InChI=1S/C27H38N4O6/c1-3-4-11-30(12-5-14-32)25(33)17-31-16-20(19-6-8-22-23(15-19)37-18-36-22)26(27(34)35)21(31)7-9-24-28-10-13-29(24)2/h6,8,10,13,15,20-21,26,32H,3-5,7,9,11-12,14,16-18H2,1-2H3,(H,34,35). The number of hydrogen-bond donors (Lipinski definition) is 2. The summed E-state index contributed by atoms with van der Waals surface area (Å²) < 4.78 is 12.9. The molecule has 10 heteroatoms. The Morgan fingerprint density at radius 2 is 1.97 bits per heavy atom. The highest BCUT2D eigenvalue weighted by Gasteiger charge is 2.47. The number of unbranched alkanes of at least 4 members (excludes halogenated alkanes) is 1. The quantitative estimate of drug-likeness (QED) is 0.418. The lowest BCUT2D eigenvalue weighted by atomic mass is 9.83. The highest BCUT2D eigenvalue weighted by atomic mass is 16.7. The molecule has 1 fully saturated rings. The van der Waals surface area contributed by atoms with Crippen molar-refractivity contribution in [2.75, 3.05) is 39.6 Å². The van der Waals surface area contributed by atoms with Crippen molar-refractivity contribution in [2.45, 2.75) is 51.0 Å². The second kappa shape index (κ2) is 12.4. The number of ether oxygens (including phenoxy) is 2. The van der Waals surface area contributed by atoms with E-state index in [4.69, 9.17) is 9.47 Å². The molecule has 3 heterocycles. The number of rotatable bonds is 13. The normalized spacial score (nSPS) is 20.9. The topological polar surface area (TPSA) is 117 Å². The number of carboxylic acid groups (broad SMARTS) is 1. The van der Waals surface area contributed by atoms with Crippen LogP contribution in [0.25, 0.3) is 0 Å². The molecular formula is C27H38N4O6. The summed E-state index contributed by atoms with van der Waals surface area (Å²) in [6, 6.07) is 5.27. The first-order valence-electron chi connectivity index (χ1n) is 13.1. The SMILES string of the molecule is CCCCN(CCCO)C(=O)CN1CC(c2ccc3c(c2)OCO3)C(C(=O)O)C1CCc1nccn1C. The number of aromatic nitrogens is 2. The van der Waals surface area contributed by atoms with Crippen molar-refractivity contribution in [1.82, 2.24) is 19.4 Å². The van der Waals surface area contributed by atoms with Crippen LogP contribution in [-0.2, 0) is 23.1 Å². The molecule has 10 nitrogen and oxygen atoms in total. The van der Waals surface area contributed by atoms with Gasteiger partial charge in [-0.15, -0.1) is 0 Å². The Labute approximate surface area is 217 Å². The first-order valence-corrected chi connectivity index (χ1v) is 13.1. The van der Waals surface area contributed by atoms with E-state index in [1.165, 1.54) is 0 Å². The van der Waals surface area contributed by atoms with Gasteiger partial charge in [0.25, 0.3) is 0 Å². The number of aryl methyl sites for hydroxylation is 2. The molecule has 0 bridgehead atoms. The lowest BCUT2D eigenvalue weighted by Crippen LogP contribution is -2.45. The number of aliphatic hydroxyl groups excluding tert-OH is 1. The van der Waals surface area contributed by atoms with Crippen molar-refractivity contribution in [3.8, 4) is 11.5 Å². The second-order valence-electron chi connectivity index (χ2n) is 9.88. The fourth-order valence-electron chi connectivity index (χ4n) is 5.49. The van der Waals surface area contributed by atoms with Gasteiger partial charge < -0.3 is 29.2 Å². The average Bonchev–Trinajstić information content (AvgIpc) is 3.60. The van der Waals surface area contributed by atoms with Gasteiger partial charge in [-0.05, 0) is 37.0 Å². The smallest absolute Gasteiger partial charge is 0.308 e. The van der Waals surface area contributed by atoms with Crippen LogP contribution in [0.3, 0.4) is 0 Å². The molecular weight excluding hydrogens is 476 g/mol. The van der Waals surface area contributed by atoms with E-state index < -0.39 is 11.9 Å². The molecule has 2 aliphatic rings. The van der Waals surface area contributed by atoms with Crippen molar-refractivity contribution in [1.29, 1.82) is 0 Å². The molecule has 0 radical (unpaired) electrons. The van der Waals surface area contributed by atoms with Crippen LogP contribution in [-0.4, -0.2) is 87.1 Å². The zero-order valence-electron chi connectivity index (χ0n) is 21.7. The molecule has 0 saturated carbocycles. The van der Waals surface area contributed by atoms with E-state index in [0.717, 1.165) is 24.2 Å². The zero-order valence-corrected chi connectivity index (χ0v) is 21.7. The van der Waals surface area contributed by atoms with Crippen LogP contribution in [0.2, 0.25) is 0 Å². The van der Waals surface area contributed by atoms with E-state index in [-0.39, 0.29) is 37.8 Å². The molecule has 2 aliphatic heterocycles. The largest absolute Gasteiger partial charge is 0.481 e. The van der Waals surface area contributed by atoms with Gasteiger partial charge in [0.05, 0.1) is 12.5 Å². The van der Waals surface area contributed by atoms with Crippen LogP contribution in [0.1, 0.15) is 49.9 Å². The Kier molecular flexibility index (Phi) is 9.04. The number of imidazole rings is 1. The minimum absolute atomic E-state index is 0.0270. The van der Waals surface area contributed by atoms with Crippen LogP contribution in [0.15, 0.2) is 30.6 Å². The van der Waals surface area contributed by atoms with Crippen LogP contribution in [0.4, 0.5) is 0 Å². The Morgan fingerprint density at radius 3 is 2.68 bits per heavy atom. The summed E-state index contributed by atoms with van der Waals surface area (Å²) in [6.07, 6.45) is 7.17. The van der Waals surface area contributed by atoms with Gasteiger partial charge in [0, 0.05) is 64.1 Å². The van der Waals surface area contributed by atoms with Crippen molar-refractivity contribution >= 4 is 11.9 Å². The van der Waals surface area contributed by atoms with Gasteiger partial charge in [-0.3, -0.25) is 14.5 Å². The molecule has 2 N–H and O–H groups in total. The number of carbonyl (C=O) groups excluding carboxylic acids is 1. The lowest BCUT2D eigenvalue weighted by molar-refractivity contribution is -0.143. The number of aliphatic carboxylic acids is 1. The number of fused-ring (bicyclic) bond motifs is 1. The Balaban J connectivity index is 1.59. The minimum Gasteiger partial charge on any atom is -0.481 e. The first-order chi connectivity index (χ1) is 17.9. The third-order valence-corrected chi connectivity index (χ3v) is 7.50. The predicted octanol–water partition coefficient (Wildman–Crippen LogP) is 2.26. The first kappa shape index (κ1) is 26.9. The highest BCUT2D eigenvalue weighted by molar-refractivity contribution is 5.79. The van der Waals surface area contributed by atoms with Crippen molar-refractivity contribution in [3.63, 3.8) is 0 Å². The monoisotopic (exact) mass is 514 g/mol. The maximum absolute atomic E-state index is 13.4. The summed E-state index contributed by atoms with van der Waals surface area (Å²) in [4.78, 5) is 34.4. The third-order valence-electron chi connectivity index (χ3n) is 7.50. The van der Waals surface area contributed by atoms with Gasteiger partial charge in [-0.1, -0.05) is 19.4 Å². The molecule has 1 aromatic heterocycles. The number of hydrogen-bond acceptors (Lipinski definition) is 7. The second-order valence-corrected chi connectivity index (χ2v) is 9.88. The van der Waals surface area contributed by atoms with E-state index in [9.17, 15) is 19.8 Å². The molecule has 3 atom stereocenters. The van der Waals surface area contributed by atoms with Crippen LogP contribution in [0, 0.1) is 5.92 Å². The Morgan fingerprint density at radius 1 is 1.19 bits per heavy atom. The molecule has 3 unspecified atom stereocenters. The summed E-state index contributed by atoms with van der Waals surface area (Å²) in [5.41, 5.74) is 0.872. The van der Waals surface area contributed by atoms with Gasteiger partial charge in [0.1, 0.15) is 5.82 Å². The molecule has 1 amide bonds. The van der Waals surface area contributed by atoms with Gasteiger partial charge in [-0.25, -0.2) is 4.98 Å². The van der Waals surface area contributed by atoms with Crippen LogP contribution >= 0.6 is 0 Å².